The van der Waals surface area contributed by atoms with Gasteiger partial charge in [-0.05, 0) is 25.0 Å². The van der Waals surface area contributed by atoms with E-state index in [0.717, 1.165) is 17.9 Å². The van der Waals surface area contributed by atoms with E-state index in [4.69, 9.17) is 5.73 Å². The van der Waals surface area contributed by atoms with Crippen LogP contribution in [0.15, 0.2) is 24.3 Å². The number of fused-ring (bicyclic) bond motifs is 1. The zero-order chi connectivity index (χ0) is 13.6. The lowest BCUT2D eigenvalue weighted by Crippen LogP contribution is -2.49. The van der Waals surface area contributed by atoms with E-state index in [9.17, 15) is 9.59 Å². The van der Waals surface area contributed by atoms with Crippen molar-refractivity contribution in [3.05, 3.63) is 24.3 Å². The molecule has 1 fully saturated rings. The van der Waals surface area contributed by atoms with E-state index in [1.165, 1.54) is 0 Å². The van der Waals surface area contributed by atoms with Gasteiger partial charge in [-0.3, -0.25) is 9.59 Å². The summed E-state index contributed by atoms with van der Waals surface area (Å²) in [5, 5.41) is 0. The molecule has 2 aliphatic rings. The second-order valence-electron chi connectivity index (χ2n) is 5.31. The molecule has 0 radical (unpaired) electrons. The smallest absolute Gasteiger partial charge is 0.242 e. The van der Waals surface area contributed by atoms with E-state index < -0.39 is 11.3 Å². The molecule has 1 heterocycles. The van der Waals surface area contributed by atoms with Crippen molar-refractivity contribution in [3.63, 3.8) is 0 Å². The number of amides is 2. The maximum atomic E-state index is 12.6. The highest BCUT2D eigenvalue weighted by Gasteiger charge is 2.57. The lowest BCUT2D eigenvalue weighted by molar-refractivity contribution is -0.133. The number of hydrogen-bond donors (Lipinski definition) is 1. The van der Waals surface area contributed by atoms with Gasteiger partial charge in [0.2, 0.25) is 11.8 Å². The Labute approximate surface area is 112 Å². The summed E-state index contributed by atoms with van der Waals surface area (Å²) in [6.07, 6.45) is 1.16. The van der Waals surface area contributed by atoms with Crippen LogP contribution in [0.3, 0.4) is 0 Å². The molecule has 5 heteroatoms. The van der Waals surface area contributed by atoms with Gasteiger partial charge in [0.25, 0.3) is 0 Å². The third-order valence-corrected chi connectivity index (χ3v) is 4.12. The Morgan fingerprint density at radius 1 is 1.16 bits per heavy atom. The van der Waals surface area contributed by atoms with Gasteiger partial charge in [-0.2, -0.15) is 0 Å². The molecule has 0 unspecified atom stereocenters. The van der Waals surface area contributed by atoms with Gasteiger partial charge in [0.05, 0.1) is 11.4 Å². The van der Waals surface area contributed by atoms with E-state index >= 15 is 0 Å². The lowest BCUT2D eigenvalue weighted by atomic mass is 10.0. The second kappa shape index (κ2) is 3.98. The van der Waals surface area contributed by atoms with Crippen molar-refractivity contribution >= 4 is 23.2 Å². The van der Waals surface area contributed by atoms with E-state index in [-0.39, 0.29) is 5.91 Å². The first-order valence-corrected chi connectivity index (χ1v) is 6.48. The molecule has 0 bridgehead atoms. The highest BCUT2D eigenvalue weighted by Crippen LogP contribution is 2.48. The van der Waals surface area contributed by atoms with E-state index in [1.807, 2.05) is 31.3 Å². The molecule has 100 valence electrons. The predicted octanol–water partition coefficient (Wildman–Crippen LogP) is 0.735. The predicted molar refractivity (Wildman–Crippen MR) is 72.9 cm³/mol. The molecule has 0 spiro atoms. The molecule has 1 aliphatic heterocycles. The van der Waals surface area contributed by atoms with Crippen LogP contribution < -0.4 is 15.5 Å². The standard InChI is InChI=1S/C14H17N3O2/c1-16-8-9-17(11-5-3-2-4-10(11)16)13(19)14(6-7-14)12(15)18/h2-5H,6-9H2,1H3,(H2,15,18). The van der Waals surface area contributed by atoms with Gasteiger partial charge < -0.3 is 15.5 Å². The van der Waals surface area contributed by atoms with Crippen molar-refractivity contribution < 1.29 is 9.59 Å². The molecule has 1 saturated carbocycles. The fourth-order valence-electron chi connectivity index (χ4n) is 2.67. The van der Waals surface area contributed by atoms with Crippen molar-refractivity contribution in [1.82, 2.24) is 0 Å². The maximum Gasteiger partial charge on any atom is 0.242 e. The van der Waals surface area contributed by atoms with Crippen LogP contribution >= 0.6 is 0 Å². The molecule has 0 atom stereocenters. The van der Waals surface area contributed by atoms with Crippen LogP contribution in [0.1, 0.15) is 12.8 Å². The van der Waals surface area contributed by atoms with Gasteiger partial charge in [-0.1, -0.05) is 12.1 Å². The number of primary amides is 1. The van der Waals surface area contributed by atoms with Crippen molar-refractivity contribution in [3.8, 4) is 0 Å². The average molecular weight is 259 g/mol. The van der Waals surface area contributed by atoms with Crippen molar-refractivity contribution in [2.45, 2.75) is 12.8 Å². The molecule has 2 N–H and O–H groups in total. The monoisotopic (exact) mass is 259 g/mol. The SMILES string of the molecule is CN1CCN(C(=O)C2(C(N)=O)CC2)c2ccccc21. The fourth-order valence-corrected chi connectivity index (χ4v) is 2.67. The summed E-state index contributed by atoms with van der Waals surface area (Å²) in [5.41, 5.74) is 6.33. The molecular formula is C14H17N3O2. The highest BCUT2D eigenvalue weighted by molar-refractivity contribution is 6.14. The molecule has 1 aliphatic carbocycles. The molecule has 3 rings (SSSR count). The Hall–Kier alpha value is -2.04. The number of nitrogens with zero attached hydrogens (tertiary/aromatic N) is 2. The molecule has 1 aromatic rings. The quantitative estimate of drug-likeness (QED) is 0.796. The highest BCUT2D eigenvalue weighted by atomic mass is 16.2. The normalized spacial score (nSPS) is 19.8. The van der Waals surface area contributed by atoms with E-state index in [2.05, 4.69) is 4.90 Å². The number of carbonyl (C=O) groups excluding carboxylic acids is 2. The molecule has 0 saturated heterocycles. The summed E-state index contributed by atoms with van der Waals surface area (Å²) < 4.78 is 0. The molecule has 5 nitrogen and oxygen atoms in total. The van der Waals surface area contributed by atoms with Gasteiger partial charge in [0, 0.05) is 20.1 Å². The minimum absolute atomic E-state index is 0.138. The summed E-state index contributed by atoms with van der Waals surface area (Å²) in [6, 6.07) is 7.75. The van der Waals surface area contributed by atoms with Gasteiger partial charge in [-0.25, -0.2) is 0 Å². The van der Waals surface area contributed by atoms with Crippen molar-refractivity contribution in [2.24, 2.45) is 11.1 Å². The third-order valence-electron chi connectivity index (χ3n) is 4.12. The zero-order valence-electron chi connectivity index (χ0n) is 10.9. The Morgan fingerprint density at radius 3 is 2.37 bits per heavy atom. The number of para-hydroxylation sites is 2. The number of anilines is 2. The average Bonchev–Trinajstić information content (AvgIpc) is 3.20. The minimum Gasteiger partial charge on any atom is -0.371 e. The summed E-state index contributed by atoms with van der Waals surface area (Å²) in [6.45, 7) is 1.36. The molecule has 0 aromatic heterocycles. The summed E-state index contributed by atoms with van der Waals surface area (Å²) in [5.74, 6) is -0.630. The number of benzene rings is 1. The van der Waals surface area contributed by atoms with Crippen molar-refractivity contribution in [2.75, 3.05) is 29.9 Å². The Kier molecular flexibility index (Phi) is 2.52. The summed E-state index contributed by atoms with van der Waals surface area (Å²) in [7, 11) is 2.00. The summed E-state index contributed by atoms with van der Waals surface area (Å²) in [4.78, 5) is 27.9. The number of carbonyl (C=O) groups is 2. The Bertz CT molecular complexity index is 551. The van der Waals surface area contributed by atoms with Crippen LogP contribution in [0.4, 0.5) is 11.4 Å². The van der Waals surface area contributed by atoms with Crippen LogP contribution in [0.2, 0.25) is 0 Å². The number of hydrogen-bond acceptors (Lipinski definition) is 3. The molecule has 2 amide bonds. The summed E-state index contributed by atoms with van der Waals surface area (Å²) >= 11 is 0. The molecular weight excluding hydrogens is 242 g/mol. The van der Waals surface area contributed by atoms with Gasteiger partial charge in [-0.15, -0.1) is 0 Å². The number of rotatable bonds is 2. The van der Waals surface area contributed by atoms with Crippen LogP contribution in [0.5, 0.6) is 0 Å². The number of nitrogens with two attached hydrogens (primary N) is 1. The van der Waals surface area contributed by atoms with E-state index in [0.29, 0.717) is 19.4 Å². The van der Waals surface area contributed by atoms with Crippen LogP contribution in [-0.2, 0) is 9.59 Å². The Balaban J connectivity index is 1.97. The minimum atomic E-state index is -0.941. The van der Waals surface area contributed by atoms with E-state index in [1.54, 1.807) is 4.90 Å². The zero-order valence-corrected chi connectivity index (χ0v) is 10.9. The fraction of sp³-hybridized carbons (Fsp3) is 0.429. The largest absolute Gasteiger partial charge is 0.371 e. The second-order valence-corrected chi connectivity index (χ2v) is 5.31. The van der Waals surface area contributed by atoms with Gasteiger partial charge >= 0.3 is 0 Å². The van der Waals surface area contributed by atoms with Gasteiger partial charge in [0.1, 0.15) is 5.41 Å². The first kappa shape index (κ1) is 12.0. The van der Waals surface area contributed by atoms with Crippen LogP contribution in [0.25, 0.3) is 0 Å². The Morgan fingerprint density at radius 2 is 1.79 bits per heavy atom. The first-order valence-electron chi connectivity index (χ1n) is 6.48. The van der Waals surface area contributed by atoms with Crippen LogP contribution in [-0.4, -0.2) is 32.0 Å². The lowest BCUT2D eigenvalue weighted by Gasteiger charge is -2.36. The first-order chi connectivity index (χ1) is 9.06. The van der Waals surface area contributed by atoms with Crippen LogP contribution in [0, 0.1) is 5.41 Å². The maximum absolute atomic E-state index is 12.6. The number of likely N-dealkylation sites (N-methyl/N-ethyl adjacent to an activating group) is 1. The third kappa shape index (κ3) is 1.69. The van der Waals surface area contributed by atoms with Crippen molar-refractivity contribution in [1.29, 1.82) is 0 Å². The van der Waals surface area contributed by atoms with Gasteiger partial charge in [0.15, 0.2) is 0 Å². The molecule has 1 aromatic carbocycles. The molecule has 19 heavy (non-hydrogen) atoms. The topological polar surface area (TPSA) is 66.6 Å².